The quantitative estimate of drug-likeness (QED) is 0.417. The number of benzene rings is 2. The molecule has 9 heteroatoms. The third kappa shape index (κ3) is 4.35. The van der Waals surface area contributed by atoms with Gasteiger partial charge in [-0.2, -0.15) is 0 Å². The molecule has 3 aromatic rings. The SMILES string of the molecule is O=C(OCC(=O)N1CCN(c2ccccn2)CC1)c1cccc(N2C(=O)c3ccccc3C2=O)c1. The van der Waals surface area contributed by atoms with Crippen LogP contribution in [0.5, 0.6) is 0 Å². The lowest BCUT2D eigenvalue weighted by molar-refractivity contribution is -0.134. The molecule has 1 fully saturated rings. The lowest BCUT2D eigenvalue weighted by atomic mass is 10.1. The van der Waals surface area contributed by atoms with E-state index in [9.17, 15) is 19.2 Å². The fourth-order valence-corrected chi connectivity index (χ4v) is 4.22. The second-order valence-corrected chi connectivity index (χ2v) is 8.17. The molecule has 5 rings (SSSR count). The molecule has 3 amide bonds. The van der Waals surface area contributed by atoms with Crippen molar-refractivity contribution in [2.45, 2.75) is 0 Å². The lowest BCUT2D eigenvalue weighted by Crippen LogP contribution is -2.50. The molecule has 0 bridgehead atoms. The van der Waals surface area contributed by atoms with Gasteiger partial charge in [0.05, 0.1) is 22.4 Å². The Labute approximate surface area is 201 Å². The summed E-state index contributed by atoms with van der Waals surface area (Å²) in [6.07, 6.45) is 1.73. The normalized spacial score (nSPS) is 15.3. The monoisotopic (exact) mass is 470 g/mol. The highest BCUT2D eigenvalue weighted by atomic mass is 16.5. The van der Waals surface area contributed by atoms with Gasteiger partial charge in [-0.25, -0.2) is 14.7 Å². The van der Waals surface area contributed by atoms with Crippen LogP contribution >= 0.6 is 0 Å². The molecule has 0 N–H and O–H groups in total. The van der Waals surface area contributed by atoms with Crippen molar-refractivity contribution in [3.8, 4) is 0 Å². The number of esters is 1. The van der Waals surface area contributed by atoms with Crippen LogP contribution < -0.4 is 9.80 Å². The first-order valence-corrected chi connectivity index (χ1v) is 11.2. The van der Waals surface area contributed by atoms with E-state index in [1.54, 1.807) is 47.5 Å². The van der Waals surface area contributed by atoms with Gasteiger partial charge in [0.2, 0.25) is 0 Å². The molecule has 3 heterocycles. The molecule has 1 saturated heterocycles. The first-order valence-electron chi connectivity index (χ1n) is 11.2. The van der Waals surface area contributed by atoms with Gasteiger partial charge in [-0.15, -0.1) is 0 Å². The maximum atomic E-state index is 12.7. The Bertz CT molecular complexity index is 1270. The van der Waals surface area contributed by atoms with Crippen LogP contribution in [-0.4, -0.2) is 66.4 Å². The van der Waals surface area contributed by atoms with Crippen molar-refractivity contribution >= 4 is 35.2 Å². The van der Waals surface area contributed by atoms with Crippen molar-refractivity contribution in [3.63, 3.8) is 0 Å². The number of imide groups is 1. The van der Waals surface area contributed by atoms with Crippen LogP contribution in [0.15, 0.2) is 72.9 Å². The van der Waals surface area contributed by atoms with E-state index in [1.165, 1.54) is 12.1 Å². The summed E-state index contributed by atoms with van der Waals surface area (Å²) in [7, 11) is 0. The Morgan fingerprint density at radius 1 is 0.829 bits per heavy atom. The van der Waals surface area contributed by atoms with Gasteiger partial charge in [-0.1, -0.05) is 24.3 Å². The minimum atomic E-state index is -0.705. The minimum Gasteiger partial charge on any atom is -0.452 e. The summed E-state index contributed by atoms with van der Waals surface area (Å²) >= 11 is 0. The molecule has 0 saturated carbocycles. The van der Waals surface area contributed by atoms with Crippen molar-refractivity contribution in [1.29, 1.82) is 0 Å². The van der Waals surface area contributed by atoms with E-state index in [4.69, 9.17) is 4.74 Å². The highest BCUT2D eigenvalue weighted by Crippen LogP contribution is 2.28. The van der Waals surface area contributed by atoms with Crippen molar-refractivity contribution in [1.82, 2.24) is 9.88 Å². The van der Waals surface area contributed by atoms with Gasteiger partial charge in [0.1, 0.15) is 5.82 Å². The zero-order valence-electron chi connectivity index (χ0n) is 18.8. The molecule has 0 unspecified atom stereocenters. The van der Waals surface area contributed by atoms with E-state index in [0.29, 0.717) is 37.3 Å². The first-order chi connectivity index (χ1) is 17.0. The number of ether oxygens (including phenoxy) is 1. The maximum Gasteiger partial charge on any atom is 0.338 e. The van der Waals surface area contributed by atoms with Gasteiger partial charge in [-0.3, -0.25) is 14.4 Å². The summed E-state index contributed by atoms with van der Waals surface area (Å²) in [5, 5.41) is 0. The molecular formula is C26H22N4O5. The van der Waals surface area contributed by atoms with Gasteiger partial charge < -0.3 is 14.5 Å². The zero-order chi connectivity index (χ0) is 24.4. The number of rotatable bonds is 5. The lowest BCUT2D eigenvalue weighted by Gasteiger charge is -2.35. The first kappa shape index (κ1) is 22.3. The number of anilines is 2. The molecule has 35 heavy (non-hydrogen) atoms. The van der Waals surface area contributed by atoms with E-state index in [0.717, 1.165) is 10.7 Å². The molecule has 2 aliphatic rings. The summed E-state index contributed by atoms with van der Waals surface area (Å²) in [5.41, 5.74) is 1.05. The Morgan fingerprint density at radius 2 is 1.51 bits per heavy atom. The van der Waals surface area contributed by atoms with Crippen LogP contribution in [0.3, 0.4) is 0 Å². The Kier molecular flexibility index (Phi) is 5.97. The number of pyridine rings is 1. The fourth-order valence-electron chi connectivity index (χ4n) is 4.22. The smallest absolute Gasteiger partial charge is 0.338 e. The number of nitrogens with zero attached hydrogens (tertiary/aromatic N) is 4. The third-order valence-corrected chi connectivity index (χ3v) is 6.07. The largest absolute Gasteiger partial charge is 0.452 e. The summed E-state index contributed by atoms with van der Waals surface area (Å²) < 4.78 is 5.24. The Morgan fingerprint density at radius 3 is 2.17 bits per heavy atom. The Hall–Kier alpha value is -4.53. The molecule has 0 atom stereocenters. The van der Waals surface area contributed by atoms with Crippen LogP contribution in [0, 0.1) is 0 Å². The Balaban J connectivity index is 1.19. The van der Waals surface area contributed by atoms with Gasteiger partial charge in [0.15, 0.2) is 6.61 Å². The number of carbonyl (C=O) groups is 4. The summed E-state index contributed by atoms with van der Waals surface area (Å²) in [4.78, 5) is 59.8. The fraction of sp³-hybridized carbons (Fsp3) is 0.192. The average molecular weight is 470 g/mol. The van der Waals surface area contributed by atoms with Gasteiger partial charge in [0, 0.05) is 32.4 Å². The predicted octanol–water partition coefficient (Wildman–Crippen LogP) is 2.39. The summed E-state index contributed by atoms with van der Waals surface area (Å²) in [6.45, 7) is 1.89. The predicted molar refractivity (Wildman–Crippen MR) is 127 cm³/mol. The van der Waals surface area contributed by atoms with Crippen LogP contribution in [0.2, 0.25) is 0 Å². The molecule has 9 nitrogen and oxygen atoms in total. The number of carbonyl (C=O) groups excluding carboxylic acids is 4. The van der Waals surface area contributed by atoms with E-state index in [-0.39, 0.29) is 23.8 Å². The van der Waals surface area contributed by atoms with E-state index in [1.807, 2.05) is 18.2 Å². The van der Waals surface area contributed by atoms with E-state index >= 15 is 0 Å². The van der Waals surface area contributed by atoms with Crippen molar-refractivity contribution in [2.24, 2.45) is 0 Å². The number of hydrogen-bond acceptors (Lipinski definition) is 7. The number of hydrogen-bond donors (Lipinski definition) is 0. The van der Waals surface area contributed by atoms with Crippen LogP contribution in [0.1, 0.15) is 31.1 Å². The van der Waals surface area contributed by atoms with Crippen molar-refractivity contribution in [3.05, 3.63) is 89.6 Å². The van der Waals surface area contributed by atoms with Gasteiger partial charge >= 0.3 is 5.97 Å². The topological polar surface area (TPSA) is 100 Å². The number of amides is 3. The maximum absolute atomic E-state index is 12.7. The standard InChI is InChI=1S/C26H22N4O5/c31-23(29-14-12-28(13-15-29)22-10-3-4-11-27-22)17-35-26(34)18-6-5-7-19(16-18)30-24(32)20-8-1-2-9-21(20)25(30)33/h1-11,16H,12-15,17H2. The highest BCUT2D eigenvalue weighted by molar-refractivity contribution is 6.34. The third-order valence-electron chi connectivity index (χ3n) is 6.07. The molecule has 1 aromatic heterocycles. The molecule has 0 radical (unpaired) electrons. The zero-order valence-corrected chi connectivity index (χ0v) is 18.8. The molecule has 0 aliphatic carbocycles. The van der Waals surface area contributed by atoms with Crippen LogP contribution in [0.4, 0.5) is 11.5 Å². The summed E-state index contributed by atoms with van der Waals surface area (Å²) in [6, 6.07) is 18.3. The number of piperazine rings is 1. The second-order valence-electron chi connectivity index (χ2n) is 8.17. The highest BCUT2D eigenvalue weighted by Gasteiger charge is 2.36. The molecule has 0 spiro atoms. The van der Waals surface area contributed by atoms with Crippen molar-refractivity contribution in [2.75, 3.05) is 42.6 Å². The second kappa shape index (κ2) is 9.38. The molecule has 2 aliphatic heterocycles. The van der Waals surface area contributed by atoms with Crippen molar-refractivity contribution < 1.29 is 23.9 Å². The molecular weight excluding hydrogens is 448 g/mol. The van der Waals surface area contributed by atoms with Gasteiger partial charge in [0.25, 0.3) is 17.7 Å². The molecule has 176 valence electrons. The van der Waals surface area contributed by atoms with E-state index in [2.05, 4.69) is 9.88 Å². The molecule has 2 aromatic carbocycles. The number of aromatic nitrogens is 1. The summed E-state index contributed by atoms with van der Waals surface area (Å²) in [5.74, 6) is -1.02. The number of fused-ring (bicyclic) bond motifs is 1. The minimum absolute atomic E-state index is 0.145. The average Bonchev–Trinajstić information content (AvgIpc) is 3.17. The van der Waals surface area contributed by atoms with Gasteiger partial charge in [-0.05, 0) is 42.5 Å². The van der Waals surface area contributed by atoms with Crippen LogP contribution in [0.25, 0.3) is 0 Å². The van der Waals surface area contributed by atoms with Crippen LogP contribution in [-0.2, 0) is 9.53 Å². The van der Waals surface area contributed by atoms with E-state index < -0.39 is 17.8 Å².